The molecule has 0 bridgehead atoms. The Bertz CT molecular complexity index is 9680. The van der Waals surface area contributed by atoms with Crippen molar-refractivity contribution in [2.24, 2.45) is 0 Å². The van der Waals surface area contributed by atoms with Gasteiger partial charge in [-0.2, -0.15) is 0 Å². The van der Waals surface area contributed by atoms with Gasteiger partial charge < -0.3 is 0 Å². The van der Waals surface area contributed by atoms with Crippen molar-refractivity contribution in [3.8, 4) is 0 Å². The molecule has 0 spiro atoms. The number of rotatable bonds is 32. The Hall–Kier alpha value is 14.9. The lowest BCUT2D eigenvalue weighted by Gasteiger charge is -1.82. The van der Waals surface area contributed by atoms with Gasteiger partial charge in [-0.05, 0) is 0 Å². The molecule has 33 atom stereocenters. The van der Waals surface area contributed by atoms with Gasteiger partial charge in [-0.1, -0.05) is 16.0 Å². The maximum atomic E-state index is 13.5. The zero-order valence-electron chi connectivity index (χ0n) is 74.8. The molecule has 0 aliphatic rings. The van der Waals surface area contributed by atoms with Gasteiger partial charge in [0.05, 0.1) is 221 Å². The molecule has 0 saturated carbocycles. The topological polar surface area (TPSA) is 563 Å². The molecule has 0 aliphatic heterocycles. The lowest BCUT2D eigenvalue weighted by atomic mass is 16.0. The second-order valence-electron chi connectivity index (χ2n) is 9.93. The summed E-state index contributed by atoms with van der Waals surface area (Å²) in [5.41, 5.74) is 0. The molecular weight excluding hydrogens is 2610 g/mol. The predicted octanol–water partition coefficient (Wildman–Crippen LogP) is 7.95. The van der Waals surface area contributed by atoms with Gasteiger partial charge in [0.1, 0.15) is 34.8 Å². The molecule has 0 aromatic carbocycles. The molecule has 0 N–H and O–H groups in total. The summed E-state index contributed by atoms with van der Waals surface area (Å²) in [5.74, 6) is 0. The Labute approximate surface area is 696 Å². The van der Waals surface area contributed by atoms with Crippen molar-refractivity contribution in [2.75, 3.05) is 0 Å². The fourth-order valence-corrected chi connectivity index (χ4v) is 296. The number of thiol groups is 33. The van der Waals surface area contributed by atoms with Gasteiger partial charge in [0, 0.05) is 295 Å². The van der Waals surface area contributed by atoms with Crippen LogP contribution in [0.4, 0.5) is 0 Å². The summed E-state index contributed by atoms with van der Waals surface area (Å²) in [7, 11) is -160. The van der Waals surface area contributed by atoms with E-state index in [4.69, 9.17) is 37.1 Å². The van der Waals surface area contributed by atoms with E-state index >= 15 is 0 Å². The van der Waals surface area contributed by atoms with Crippen LogP contribution >= 0.6 is 219 Å². The molecule has 33 nitrogen and oxygen atoms in total. The number of hydrogen-bond donors (Lipinski definition) is 33. The van der Waals surface area contributed by atoms with Crippen LogP contribution in [-0.4, -0.2) is 176 Å². The third-order valence-corrected chi connectivity index (χ3v) is 223. The predicted molar refractivity (Wildman–Crippen MR) is 546 cm³/mol. The molecular formula is H35O33P33S33. The Morgan fingerprint density at radius 3 is 0.253 bits per heavy atom. The quantitative estimate of drug-likeness (QED) is 0.0172. The molecule has 0 heterocycles. The van der Waals surface area contributed by atoms with Crippen LogP contribution in [0.15, 0.2) is 0 Å². The molecule has 99 heavy (non-hydrogen) atoms. The second kappa shape index (κ2) is 67.3. The first-order valence-electron chi connectivity index (χ1n) is 30.9. The molecule has 596 valence electrons. The van der Waals surface area contributed by atoms with E-state index in [0.29, 0.717) is 0 Å². The molecule has 0 aliphatic carbocycles. The monoisotopic (exact) mass is 2710 g/mol. The summed E-state index contributed by atoms with van der Waals surface area (Å²) in [5, 5.41) is 0. The molecule has 0 saturated heterocycles. The average Bonchev–Trinajstić information content (AvgIpc) is 0.772. The van der Waals surface area contributed by atoms with Crippen LogP contribution in [-0.2, 0) is 312 Å². The van der Waals surface area contributed by atoms with Gasteiger partial charge in [-0.3, -0.25) is 139 Å². The summed E-state index contributed by atoms with van der Waals surface area (Å²) in [6.45, 7) is -49.3. The standard InChI is InChI=1S/H35O33P33S33/c1-67(34)36-69(3)38-71(5)40-73(7)42-75(9)44-77(11)46-79(13)48-81(15)50-83(17)52-85(19)54-87(21)56-89(23)58-91(25)60-93(27)62-95(29)64-97(31)66-99(33)98(32)65-96(30)63-94(28)61-92(26)59-90(24)57-88(22)55-86(20)53-84(18)51-82(16)49-80(14)47-78(12)45-76(10)43-74(8)41-72(6)39-70(4)37-68(2)35/h34-35,67-99H/i67T,68T,69T,70T,71T,72T,73T,74T,75T,76T,77T,78T,79T,80T,81T,82T,83T,84T,85T,86T,87T,88T,89T,90T,91T,92T,93T,94T,95T,96T,97T,98T,99T. The fraction of sp³-hybridized carbons (Fsp3) is 0. The van der Waals surface area contributed by atoms with E-state index in [2.05, 4.69) is 16.0 Å². The van der Waals surface area contributed by atoms with Crippen LogP contribution in [0, 0.1) is 0 Å². The van der Waals surface area contributed by atoms with Crippen molar-refractivity contribution in [2.45, 2.75) is 0 Å². The summed E-state index contributed by atoms with van der Waals surface area (Å²) in [4.78, 5) is 0. The van der Waals surface area contributed by atoms with E-state index in [0.717, 1.165) is 0 Å². The Balaban J connectivity index is 8.05. The highest BCUT2D eigenvalue weighted by Gasteiger charge is 1.96. The zero-order valence-corrected chi connectivity index (χ0v) is 98.5. The number of hydrogen-bond acceptors (Lipinski definition) is 33. The Kier molecular flexibility index (Phi) is 46.3. The van der Waals surface area contributed by atoms with E-state index in [9.17, 15) is 139 Å². The van der Waals surface area contributed by atoms with Crippen LogP contribution in [0.25, 0.3) is 0 Å². The minimum atomic E-state index is -5.78. The SMILES string of the molecule is [3H]S(=O)(=P)P=S([3H])(=O)P=S([3H])(=O)P=S([3H])(=O)P=S([3H])(=O)P=S([3H])(=O)P=S([3H])(=O)P=S([3H])(=O)P=S([3H])(=O)P=S([3H])(=O)P=S([3H])(=O)P=S([3H])(=O)P=S([3H])(=O)P=S([3H])(=O)P=S([3H])(=O)P=S([3H])(=O)P=S([3H])(=O)S([3H])(=O)=PS([3H])(=O)=PS([3H])(=O)=PS([3H])(=O)=PS([3H])(=O)=PS([3H])(=O)=PS([3H])(=O)=PS([3H])(=O)=PS([3H])(=O)=PS([3H])(=O)=PS([3H])(=O)=PS([3H])(=O)=PS([3H])(=O)=PS([3H])(=O)=PS([3H])(=O)=PS([3H])(=O)=P. The molecule has 0 amide bonds. The van der Waals surface area contributed by atoms with Gasteiger partial charge in [-0.25, -0.2) is 0 Å². The van der Waals surface area contributed by atoms with Crippen LogP contribution in [0.3, 0.4) is 0 Å². The normalized spacial score (nSPS) is 39.1. The van der Waals surface area contributed by atoms with Crippen LogP contribution < -0.4 is 0 Å². The van der Waals surface area contributed by atoms with Crippen molar-refractivity contribution < 1.29 is 139 Å². The van der Waals surface area contributed by atoms with Crippen molar-refractivity contribution in [1.82, 2.24) is 0 Å². The maximum Gasteiger partial charge on any atom is 0.150 e. The van der Waals surface area contributed by atoms with Crippen LogP contribution in [0.5, 0.6) is 0 Å². The van der Waals surface area contributed by atoms with Crippen LogP contribution in [0.1, 0.15) is 0 Å². The van der Waals surface area contributed by atoms with Crippen LogP contribution in [0.2, 0.25) is 0 Å². The van der Waals surface area contributed by atoms with Crippen molar-refractivity contribution in [3.05, 3.63) is 0 Å². The first-order valence-corrected chi connectivity index (χ1v) is 124. The summed E-state index contributed by atoms with van der Waals surface area (Å²) in [6, 6.07) is 0. The third kappa shape index (κ3) is 68.0. The van der Waals surface area contributed by atoms with Gasteiger partial charge in [0.25, 0.3) is 0 Å². The Morgan fingerprint density at radius 2 is 0.182 bits per heavy atom. The maximum absolute atomic E-state index is 13.5. The average molecular weight is 2710 g/mol. The largest absolute Gasteiger partial charge is 0.257 e. The molecule has 0 rings (SSSR count). The van der Waals surface area contributed by atoms with E-state index < -0.39 is 516 Å². The molecule has 0 fully saturated rings. The first kappa shape index (κ1) is 68.2. The minimum absolute atomic E-state index is 1.03. The summed E-state index contributed by atoms with van der Waals surface area (Å²) >= 11 is 0. The second-order valence-corrected chi connectivity index (χ2v) is 180. The molecule has 0 aromatic heterocycles. The molecule has 99 heteroatoms. The highest BCUT2D eigenvalue weighted by molar-refractivity contribution is 8.97. The first-order chi connectivity index (χ1) is 56.2. The van der Waals surface area contributed by atoms with Gasteiger partial charge >= 0.3 is 0 Å². The van der Waals surface area contributed by atoms with E-state index in [-0.39, 0.29) is 0 Å². The van der Waals surface area contributed by atoms with Crippen molar-refractivity contribution in [1.29, 1.82) is 37.1 Å². The lowest BCUT2D eigenvalue weighted by molar-refractivity contribution is 0.687. The smallest absolute Gasteiger partial charge is 0.150 e. The minimum Gasteiger partial charge on any atom is -0.257 e. The highest BCUT2D eigenvalue weighted by Crippen LogP contribution is 2.33. The van der Waals surface area contributed by atoms with Gasteiger partial charge in [0.15, 0.2) is 2.25 Å². The van der Waals surface area contributed by atoms with E-state index in [1.54, 1.807) is 0 Å². The highest BCUT2D eigenvalue weighted by atomic mass is 33.5. The van der Waals surface area contributed by atoms with Crippen molar-refractivity contribution >= 4 is 532 Å². The molecule has 0 aromatic rings. The van der Waals surface area contributed by atoms with Gasteiger partial charge in [-0.15, -0.1) is 0 Å². The van der Waals surface area contributed by atoms with E-state index in [1.165, 1.54) is 0 Å². The third-order valence-electron chi connectivity index (χ3n) is 4.08. The fourth-order valence-electron chi connectivity index (χ4n) is 2.14. The van der Waals surface area contributed by atoms with Crippen molar-refractivity contribution in [3.63, 3.8) is 0 Å². The Morgan fingerprint density at radius 1 is 0.121 bits per heavy atom. The molecule has 33 unspecified atom stereocenters. The van der Waals surface area contributed by atoms with E-state index in [1.807, 2.05) is 0 Å². The summed E-state index contributed by atoms with van der Waals surface area (Å²) < 4.78 is 691. The zero-order chi connectivity index (χ0) is 106. The lowest BCUT2D eigenvalue weighted by Crippen LogP contribution is -1.69. The van der Waals surface area contributed by atoms with Gasteiger partial charge in [0.2, 0.25) is 0 Å². The molecule has 0 radical (unpaired) electrons. The summed E-state index contributed by atoms with van der Waals surface area (Å²) in [6.07, 6.45) is 0.